The molecule has 0 spiro atoms. The predicted octanol–water partition coefficient (Wildman–Crippen LogP) is 3.40. The van der Waals surface area contributed by atoms with E-state index in [9.17, 15) is 4.79 Å². The molecule has 2 aromatic heterocycles. The van der Waals surface area contributed by atoms with E-state index in [1.54, 1.807) is 6.20 Å². The summed E-state index contributed by atoms with van der Waals surface area (Å²) in [6, 6.07) is 0.428. The molecule has 4 rings (SSSR count). The van der Waals surface area contributed by atoms with E-state index in [0.717, 1.165) is 43.6 Å². The molecule has 0 aromatic carbocycles. The summed E-state index contributed by atoms with van der Waals surface area (Å²) in [6.45, 7) is 0.759. The van der Waals surface area contributed by atoms with Gasteiger partial charge in [0, 0.05) is 37.3 Å². The van der Waals surface area contributed by atoms with Gasteiger partial charge in [-0.2, -0.15) is 0 Å². The lowest BCUT2D eigenvalue weighted by Crippen LogP contribution is -2.48. The van der Waals surface area contributed by atoms with Crippen LogP contribution in [0, 0.1) is 0 Å². The van der Waals surface area contributed by atoms with Crippen LogP contribution in [-0.2, 0) is 4.79 Å². The first-order valence-electron chi connectivity index (χ1n) is 7.62. The van der Waals surface area contributed by atoms with Crippen molar-refractivity contribution < 1.29 is 4.79 Å². The van der Waals surface area contributed by atoms with Crippen LogP contribution in [0.1, 0.15) is 43.8 Å². The van der Waals surface area contributed by atoms with Crippen LogP contribution in [0.4, 0.5) is 0 Å². The SMILES string of the molecule is O=C1CCC[C@H]2CC[C@H](c3nc(Br)c4c(Cl)nccn34)CN12. The van der Waals surface area contributed by atoms with Crippen molar-refractivity contribution in [3.05, 3.63) is 28.0 Å². The molecule has 0 unspecified atom stereocenters. The number of carbonyl (C=O) groups excluding carboxylic acids is 1. The first-order chi connectivity index (χ1) is 10.6. The van der Waals surface area contributed by atoms with Crippen LogP contribution in [0.5, 0.6) is 0 Å². The van der Waals surface area contributed by atoms with E-state index in [-0.39, 0.29) is 5.92 Å². The van der Waals surface area contributed by atoms with Gasteiger partial charge in [-0.25, -0.2) is 9.97 Å². The fraction of sp³-hybridized carbons (Fsp3) is 0.533. The Balaban J connectivity index is 1.71. The fourth-order valence-electron chi connectivity index (χ4n) is 3.75. The minimum absolute atomic E-state index is 0.246. The second kappa shape index (κ2) is 5.49. The second-order valence-electron chi connectivity index (χ2n) is 6.06. The van der Waals surface area contributed by atoms with Gasteiger partial charge >= 0.3 is 0 Å². The first-order valence-corrected chi connectivity index (χ1v) is 8.79. The fourth-order valence-corrected chi connectivity index (χ4v) is 4.66. The highest BCUT2D eigenvalue weighted by atomic mass is 79.9. The van der Waals surface area contributed by atoms with Crippen LogP contribution in [0.15, 0.2) is 17.0 Å². The quantitative estimate of drug-likeness (QED) is 0.758. The number of hydrogen-bond donors (Lipinski definition) is 0. The molecule has 0 radical (unpaired) electrons. The Hall–Kier alpha value is -1.14. The summed E-state index contributed by atoms with van der Waals surface area (Å²) >= 11 is 9.66. The zero-order valence-corrected chi connectivity index (χ0v) is 14.3. The van der Waals surface area contributed by atoms with Crippen LogP contribution in [0.2, 0.25) is 5.15 Å². The molecule has 2 atom stereocenters. The molecule has 0 aliphatic carbocycles. The molecule has 0 N–H and O–H groups in total. The minimum atomic E-state index is 0.246. The Morgan fingerprint density at radius 3 is 3.05 bits per heavy atom. The molecule has 1 amide bonds. The highest BCUT2D eigenvalue weighted by Gasteiger charge is 2.36. The van der Waals surface area contributed by atoms with Gasteiger partial charge in [-0.05, 0) is 41.6 Å². The van der Waals surface area contributed by atoms with Crippen LogP contribution in [-0.4, -0.2) is 37.8 Å². The van der Waals surface area contributed by atoms with Crippen molar-refractivity contribution in [2.45, 2.75) is 44.1 Å². The maximum absolute atomic E-state index is 12.2. The number of rotatable bonds is 1. The predicted molar refractivity (Wildman–Crippen MR) is 87.0 cm³/mol. The first kappa shape index (κ1) is 14.5. The molecule has 2 saturated heterocycles. The smallest absolute Gasteiger partial charge is 0.222 e. The van der Waals surface area contributed by atoms with Crippen molar-refractivity contribution in [1.29, 1.82) is 0 Å². The lowest BCUT2D eigenvalue weighted by Gasteiger charge is -2.42. The third kappa shape index (κ3) is 2.24. The Morgan fingerprint density at radius 2 is 2.18 bits per heavy atom. The Bertz CT molecular complexity index is 746. The van der Waals surface area contributed by atoms with Crippen molar-refractivity contribution in [2.75, 3.05) is 6.54 Å². The van der Waals surface area contributed by atoms with E-state index in [4.69, 9.17) is 11.6 Å². The molecule has 0 saturated carbocycles. The molecule has 0 bridgehead atoms. The third-order valence-corrected chi connectivity index (χ3v) is 5.64. The minimum Gasteiger partial charge on any atom is -0.339 e. The molecule has 2 aliphatic heterocycles. The summed E-state index contributed by atoms with van der Waals surface area (Å²) in [7, 11) is 0. The lowest BCUT2D eigenvalue weighted by molar-refractivity contribution is -0.138. The highest BCUT2D eigenvalue weighted by molar-refractivity contribution is 9.10. The molecule has 116 valence electrons. The summed E-state index contributed by atoms with van der Waals surface area (Å²) in [4.78, 5) is 23.0. The second-order valence-corrected chi connectivity index (χ2v) is 7.17. The van der Waals surface area contributed by atoms with Gasteiger partial charge in [0.25, 0.3) is 0 Å². The van der Waals surface area contributed by atoms with E-state index < -0.39 is 0 Å². The van der Waals surface area contributed by atoms with Crippen LogP contribution in [0.3, 0.4) is 0 Å². The molecule has 5 nitrogen and oxygen atoms in total. The van der Waals surface area contributed by atoms with E-state index in [2.05, 4.69) is 30.8 Å². The van der Waals surface area contributed by atoms with Crippen LogP contribution < -0.4 is 0 Å². The van der Waals surface area contributed by atoms with Gasteiger partial charge in [-0.3, -0.25) is 9.20 Å². The molecular formula is C15H16BrClN4O. The average molecular weight is 384 g/mol. The number of aromatic nitrogens is 3. The molecule has 2 aliphatic rings. The van der Waals surface area contributed by atoms with E-state index in [0.29, 0.717) is 28.1 Å². The van der Waals surface area contributed by atoms with E-state index in [1.165, 1.54) is 0 Å². The van der Waals surface area contributed by atoms with Crippen molar-refractivity contribution >= 4 is 39.0 Å². The van der Waals surface area contributed by atoms with Crippen molar-refractivity contribution in [3.63, 3.8) is 0 Å². The summed E-state index contributed by atoms with van der Waals surface area (Å²) in [5.41, 5.74) is 0.797. The largest absolute Gasteiger partial charge is 0.339 e. The zero-order valence-electron chi connectivity index (χ0n) is 12.0. The van der Waals surface area contributed by atoms with Crippen molar-refractivity contribution in [1.82, 2.24) is 19.3 Å². The van der Waals surface area contributed by atoms with Crippen molar-refractivity contribution in [3.8, 4) is 0 Å². The number of imidazole rings is 1. The topological polar surface area (TPSA) is 50.5 Å². The average Bonchev–Trinajstić information content (AvgIpc) is 2.86. The van der Waals surface area contributed by atoms with Crippen molar-refractivity contribution in [2.24, 2.45) is 0 Å². The number of piperidine rings is 2. The maximum Gasteiger partial charge on any atom is 0.222 e. The Morgan fingerprint density at radius 1 is 1.32 bits per heavy atom. The van der Waals surface area contributed by atoms with Gasteiger partial charge < -0.3 is 4.90 Å². The Labute approximate surface area is 141 Å². The van der Waals surface area contributed by atoms with Gasteiger partial charge in [-0.15, -0.1) is 0 Å². The van der Waals surface area contributed by atoms with Gasteiger partial charge in [0.2, 0.25) is 5.91 Å². The normalized spacial score (nSPS) is 25.5. The summed E-state index contributed by atoms with van der Waals surface area (Å²) in [5, 5.41) is 0.441. The third-order valence-electron chi connectivity index (χ3n) is 4.81. The number of hydrogen-bond acceptors (Lipinski definition) is 3. The number of amides is 1. The molecule has 2 fully saturated rings. The number of fused-ring (bicyclic) bond motifs is 2. The van der Waals surface area contributed by atoms with E-state index in [1.807, 2.05) is 10.6 Å². The highest BCUT2D eigenvalue weighted by Crippen LogP contribution is 2.36. The molecule has 7 heteroatoms. The molecule has 2 aromatic rings. The monoisotopic (exact) mass is 382 g/mol. The van der Waals surface area contributed by atoms with Gasteiger partial charge in [0.05, 0.1) is 0 Å². The summed E-state index contributed by atoms with van der Waals surface area (Å²) in [5.74, 6) is 1.50. The molecule has 4 heterocycles. The summed E-state index contributed by atoms with van der Waals surface area (Å²) < 4.78 is 2.71. The van der Waals surface area contributed by atoms with Gasteiger partial charge in [0.15, 0.2) is 5.15 Å². The van der Waals surface area contributed by atoms with Crippen LogP contribution >= 0.6 is 27.5 Å². The maximum atomic E-state index is 12.2. The lowest BCUT2D eigenvalue weighted by atomic mass is 9.87. The van der Waals surface area contributed by atoms with Gasteiger partial charge in [-0.1, -0.05) is 11.6 Å². The summed E-state index contributed by atoms with van der Waals surface area (Å²) in [6.07, 6.45) is 8.54. The number of nitrogens with zero attached hydrogens (tertiary/aromatic N) is 4. The van der Waals surface area contributed by atoms with Crippen LogP contribution in [0.25, 0.3) is 5.52 Å². The molecular weight excluding hydrogens is 368 g/mol. The zero-order chi connectivity index (χ0) is 15.3. The Kier molecular flexibility index (Phi) is 3.61. The number of halogens is 2. The molecule has 22 heavy (non-hydrogen) atoms. The number of carbonyl (C=O) groups is 1. The van der Waals surface area contributed by atoms with Gasteiger partial charge in [0.1, 0.15) is 15.9 Å². The standard InChI is InChI=1S/C15H16BrClN4O/c16-13-12-14(17)18-6-7-20(12)15(19-13)9-4-5-10-2-1-3-11(22)21(10)8-9/h6-7,9-10H,1-5,8H2/t9-,10-/m0/s1. The van der Waals surface area contributed by atoms with E-state index >= 15 is 0 Å².